The molecule has 0 aromatic heterocycles. The van der Waals surface area contributed by atoms with Gasteiger partial charge in [0.05, 0.1) is 13.2 Å². The molecular weight excluding hydrogens is 302 g/mol. The minimum absolute atomic E-state index is 0.176. The summed E-state index contributed by atoms with van der Waals surface area (Å²) in [5, 5.41) is 9.78. The lowest BCUT2D eigenvalue weighted by Crippen LogP contribution is -2.31. The third-order valence-electron chi connectivity index (χ3n) is 4.39. The van der Waals surface area contributed by atoms with Crippen LogP contribution in [0.3, 0.4) is 0 Å². The highest BCUT2D eigenvalue weighted by Crippen LogP contribution is 2.27. The Labute approximate surface area is 143 Å². The van der Waals surface area contributed by atoms with Crippen LogP contribution in [0.1, 0.15) is 24.0 Å². The molecule has 0 amide bonds. The van der Waals surface area contributed by atoms with Crippen molar-refractivity contribution in [3.63, 3.8) is 0 Å². The van der Waals surface area contributed by atoms with E-state index in [0.717, 1.165) is 44.6 Å². The fraction of sp³-hybridized carbons (Fsp3) is 0.400. The Bertz CT molecular complexity index is 639. The van der Waals surface area contributed by atoms with Crippen LogP contribution in [-0.2, 0) is 17.8 Å². The third-order valence-corrected chi connectivity index (χ3v) is 4.39. The highest BCUT2D eigenvalue weighted by atomic mass is 16.5. The van der Waals surface area contributed by atoms with Gasteiger partial charge in [0, 0.05) is 26.2 Å². The highest BCUT2D eigenvalue weighted by Gasteiger charge is 2.20. The molecule has 4 heteroatoms. The van der Waals surface area contributed by atoms with E-state index >= 15 is 0 Å². The Hall–Kier alpha value is -2.04. The van der Waals surface area contributed by atoms with Crippen molar-refractivity contribution in [3.8, 4) is 11.5 Å². The van der Waals surface area contributed by atoms with Crippen molar-refractivity contribution in [2.45, 2.75) is 32.0 Å². The van der Waals surface area contributed by atoms with Crippen LogP contribution in [0.25, 0.3) is 0 Å². The van der Waals surface area contributed by atoms with Crippen LogP contribution in [-0.4, -0.2) is 36.4 Å². The standard InChI is InChI=1S/C20H25NO3/c1-23-20-12-17(9-10-19(20)22)14-21(15-18-8-5-11-24-18)13-16-6-3-2-4-7-16/h2-4,6-7,9-10,12,18,22H,5,8,11,13-15H2,1H3. The van der Waals surface area contributed by atoms with Gasteiger partial charge in [-0.1, -0.05) is 36.4 Å². The first-order chi connectivity index (χ1) is 11.7. The summed E-state index contributed by atoms with van der Waals surface area (Å²) in [5.74, 6) is 0.694. The molecule has 2 aromatic carbocycles. The lowest BCUT2D eigenvalue weighted by Gasteiger charge is -2.25. The van der Waals surface area contributed by atoms with Crippen LogP contribution >= 0.6 is 0 Å². The van der Waals surface area contributed by atoms with Gasteiger partial charge in [0.1, 0.15) is 0 Å². The van der Waals surface area contributed by atoms with Crippen molar-refractivity contribution in [2.75, 3.05) is 20.3 Å². The first kappa shape index (κ1) is 16.8. The summed E-state index contributed by atoms with van der Waals surface area (Å²) in [7, 11) is 1.58. The largest absolute Gasteiger partial charge is 0.504 e. The lowest BCUT2D eigenvalue weighted by atomic mass is 10.1. The Morgan fingerprint density at radius 1 is 1.12 bits per heavy atom. The summed E-state index contributed by atoms with van der Waals surface area (Å²) in [6, 6.07) is 16.0. The molecule has 0 radical (unpaired) electrons. The summed E-state index contributed by atoms with van der Waals surface area (Å²) in [6.45, 7) is 3.46. The minimum atomic E-state index is 0.176. The summed E-state index contributed by atoms with van der Waals surface area (Å²) in [5.41, 5.74) is 2.42. The SMILES string of the molecule is COc1cc(CN(Cc2ccccc2)CC2CCCO2)ccc1O. The number of nitrogens with zero attached hydrogens (tertiary/aromatic N) is 1. The molecule has 128 valence electrons. The molecular formula is C20H25NO3. The number of hydrogen-bond acceptors (Lipinski definition) is 4. The highest BCUT2D eigenvalue weighted by molar-refractivity contribution is 5.41. The van der Waals surface area contributed by atoms with E-state index in [0.29, 0.717) is 11.9 Å². The molecule has 1 atom stereocenters. The Balaban J connectivity index is 1.73. The first-order valence-corrected chi connectivity index (χ1v) is 8.48. The molecule has 1 aliphatic rings. The Morgan fingerprint density at radius 3 is 2.62 bits per heavy atom. The quantitative estimate of drug-likeness (QED) is 0.844. The maximum atomic E-state index is 9.78. The van der Waals surface area contributed by atoms with Crippen LogP contribution in [0.2, 0.25) is 0 Å². The predicted octanol–water partition coefficient (Wildman–Crippen LogP) is 3.58. The number of aromatic hydroxyl groups is 1. The molecule has 0 bridgehead atoms. The van der Waals surface area contributed by atoms with Gasteiger partial charge in [-0.05, 0) is 36.1 Å². The second kappa shape index (κ2) is 8.18. The lowest BCUT2D eigenvalue weighted by molar-refractivity contribution is 0.0679. The molecule has 1 saturated heterocycles. The van der Waals surface area contributed by atoms with Gasteiger partial charge in [-0.2, -0.15) is 0 Å². The number of hydrogen-bond donors (Lipinski definition) is 1. The van der Waals surface area contributed by atoms with E-state index in [1.54, 1.807) is 13.2 Å². The molecule has 1 N–H and O–H groups in total. The van der Waals surface area contributed by atoms with E-state index in [2.05, 4.69) is 29.2 Å². The average Bonchev–Trinajstić information content (AvgIpc) is 3.10. The zero-order chi connectivity index (χ0) is 16.8. The van der Waals surface area contributed by atoms with Crippen molar-refractivity contribution >= 4 is 0 Å². The minimum Gasteiger partial charge on any atom is -0.504 e. The molecule has 2 aromatic rings. The van der Waals surface area contributed by atoms with Crippen molar-refractivity contribution in [2.24, 2.45) is 0 Å². The number of phenols is 1. The van der Waals surface area contributed by atoms with E-state index in [4.69, 9.17) is 9.47 Å². The van der Waals surface area contributed by atoms with Gasteiger partial charge in [-0.25, -0.2) is 0 Å². The molecule has 3 rings (SSSR count). The van der Waals surface area contributed by atoms with Gasteiger partial charge < -0.3 is 14.6 Å². The number of benzene rings is 2. The summed E-state index contributed by atoms with van der Waals surface area (Å²) >= 11 is 0. The Morgan fingerprint density at radius 2 is 1.92 bits per heavy atom. The number of phenolic OH excluding ortho intramolecular Hbond substituents is 1. The molecule has 0 saturated carbocycles. The molecule has 0 spiro atoms. The molecule has 0 aliphatic carbocycles. The molecule has 1 heterocycles. The summed E-state index contributed by atoms with van der Waals surface area (Å²) in [4.78, 5) is 2.40. The van der Waals surface area contributed by atoms with Crippen LogP contribution in [0.15, 0.2) is 48.5 Å². The van der Waals surface area contributed by atoms with Gasteiger partial charge in [0.15, 0.2) is 11.5 Å². The maximum Gasteiger partial charge on any atom is 0.160 e. The van der Waals surface area contributed by atoms with Gasteiger partial charge in [-0.3, -0.25) is 4.90 Å². The second-order valence-electron chi connectivity index (χ2n) is 6.30. The van der Waals surface area contributed by atoms with Crippen molar-refractivity contribution in [1.82, 2.24) is 4.90 Å². The second-order valence-corrected chi connectivity index (χ2v) is 6.30. The fourth-order valence-corrected chi connectivity index (χ4v) is 3.18. The van der Waals surface area contributed by atoms with Crippen LogP contribution in [0.4, 0.5) is 0 Å². The van der Waals surface area contributed by atoms with Crippen molar-refractivity contribution in [3.05, 3.63) is 59.7 Å². The molecule has 1 aliphatic heterocycles. The smallest absolute Gasteiger partial charge is 0.160 e. The third kappa shape index (κ3) is 4.49. The first-order valence-electron chi connectivity index (χ1n) is 8.48. The summed E-state index contributed by atoms with van der Waals surface area (Å²) < 4.78 is 11.0. The monoisotopic (exact) mass is 327 g/mol. The van der Waals surface area contributed by atoms with Crippen LogP contribution in [0, 0.1) is 0 Å². The van der Waals surface area contributed by atoms with Gasteiger partial charge in [0.2, 0.25) is 0 Å². The molecule has 4 nitrogen and oxygen atoms in total. The topological polar surface area (TPSA) is 41.9 Å². The molecule has 24 heavy (non-hydrogen) atoms. The maximum absolute atomic E-state index is 9.78. The molecule has 1 unspecified atom stereocenters. The van der Waals surface area contributed by atoms with Gasteiger partial charge in [-0.15, -0.1) is 0 Å². The van der Waals surface area contributed by atoms with E-state index in [-0.39, 0.29) is 5.75 Å². The van der Waals surface area contributed by atoms with Crippen molar-refractivity contribution in [1.29, 1.82) is 0 Å². The van der Waals surface area contributed by atoms with Crippen molar-refractivity contribution < 1.29 is 14.6 Å². The van der Waals surface area contributed by atoms with Crippen LogP contribution < -0.4 is 4.74 Å². The normalized spacial score (nSPS) is 17.3. The van der Waals surface area contributed by atoms with E-state index in [1.807, 2.05) is 18.2 Å². The number of rotatable bonds is 7. The number of methoxy groups -OCH3 is 1. The zero-order valence-corrected chi connectivity index (χ0v) is 14.1. The predicted molar refractivity (Wildman–Crippen MR) is 94.2 cm³/mol. The number of ether oxygens (including phenoxy) is 2. The van der Waals surface area contributed by atoms with E-state index in [1.165, 1.54) is 5.56 Å². The Kier molecular flexibility index (Phi) is 5.72. The average molecular weight is 327 g/mol. The van der Waals surface area contributed by atoms with E-state index < -0.39 is 0 Å². The van der Waals surface area contributed by atoms with Crippen LogP contribution in [0.5, 0.6) is 11.5 Å². The zero-order valence-electron chi connectivity index (χ0n) is 14.1. The molecule has 1 fully saturated rings. The van der Waals surface area contributed by atoms with Gasteiger partial charge >= 0.3 is 0 Å². The van der Waals surface area contributed by atoms with E-state index in [9.17, 15) is 5.11 Å². The summed E-state index contributed by atoms with van der Waals surface area (Å²) in [6.07, 6.45) is 2.59. The fourth-order valence-electron chi connectivity index (χ4n) is 3.18. The van der Waals surface area contributed by atoms with Gasteiger partial charge in [0.25, 0.3) is 0 Å².